The summed E-state index contributed by atoms with van der Waals surface area (Å²) in [4.78, 5) is 10.6. The van der Waals surface area contributed by atoms with E-state index in [1.54, 1.807) is 0 Å². The second-order valence-corrected chi connectivity index (χ2v) is 4.36. The van der Waals surface area contributed by atoms with E-state index in [4.69, 9.17) is 10.8 Å². The fraction of sp³-hybridized carbons (Fsp3) is 0.462. The number of benzene rings is 1. The largest absolute Gasteiger partial charge is 0.480 e. The lowest BCUT2D eigenvalue weighted by Gasteiger charge is -2.12. The molecule has 0 aliphatic carbocycles. The Hall–Kier alpha value is -1.35. The van der Waals surface area contributed by atoms with Crippen molar-refractivity contribution in [2.24, 2.45) is 5.73 Å². The van der Waals surface area contributed by atoms with E-state index in [9.17, 15) is 4.79 Å². The van der Waals surface area contributed by atoms with Crippen molar-refractivity contribution in [1.29, 1.82) is 0 Å². The molecule has 0 radical (unpaired) electrons. The smallest absolute Gasteiger partial charge is 0.320 e. The van der Waals surface area contributed by atoms with Crippen LogP contribution in [0.1, 0.15) is 28.7 Å². The van der Waals surface area contributed by atoms with Gasteiger partial charge in [-0.15, -0.1) is 0 Å². The number of aryl methyl sites for hydroxylation is 3. The molecule has 3 heteroatoms. The van der Waals surface area contributed by atoms with Gasteiger partial charge >= 0.3 is 5.97 Å². The van der Waals surface area contributed by atoms with Crippen LogP contribution in [0, 0.1) is 20.8 Å². The summed E-state index contributed by atoms with van der Waals surface area (Å²) in [5, 5.41) is 8.72. The number of rotatable bonds is 4. The molecule has 1 rings (SSSR count). The highest BCUT2D eigenvalue weighted by molar-refractivity contribution is 5.73. The summed E-state index contributed by atoms with van der Waals surface area (Å²) in [6.07, 6.45) is 1.21. The molecule has 0 aliphatic heterocycles. The maximum Gasteiger partial charge on any atom is 0.320 e. The Balaban J connectivity index is 2.78. The van der Waals surface area contributed by atoms with Gasteiger partial charge in [-0.1, -0.05) is 17.7 Å². The van der Waals surface area contributed by atoms with Crippen molar-refractivity contribution >= 4 is 5.97 Å². The third kappa shape index (κ3) is 3.07. The maximum absolute atomic E-state index is 10.6. The lowest BCUT2D eigenvalue weighted by atomic mass is 9.95. The molecule has 88 valence electrons. The summed E-state index contributed by atoms with van der Waals surface area (Å²) in [6, 6.07) is 3.48. The number of nitrogens with two attached hydrogens (primary N) is 1. The van der Waals surface area contributed by atoms with Crippen LogP contribution in [0.2, 0.25) is 0 Å². The van der Waals surface area contributed by atoms with Crippen LogP contribution in [0.25, 0.3) is 0 Å². The normalized spacial score (nSPS) is 12.5. The van der Waals surface area contributed by atoms with Crippen LogP contribution < -0.4 is 5.73 Å². The monoisotopic (exact) mass is 221 g/mol. The molecule has 0 heterocycles. The molecule has 0 bridgehead atoms. The third-order valence-electron chi connectivity index (χ3n) is 2.86. The first-order valence-electron chi connectivity index (χ1n) is 5.47. The molecular weight excluding hydrogens is 202 g/mol. The molecule has 0 saturated heterocycles. The minimum atomic E-state index is -0.928. The number of carboxylic acids is 1. The number of aliphatic carboxylic acids is 1. The maximum atomic E-state index is 10.6. The number of carboxylic acid groups (broad SMARTS) is 1. The third-order valence-corrected chi connectivity index (χ3v) is 2.86. The van der Waals surface area contributed by atoms with E-state index < -0.39 is 12.0 Å². The zero-order valence-corrected chi connectivity index (χ0v) is 10.1. The molecular formula is C13H19NO2. The topological polar surface area (TPSA) is 63.3 Å². The van der Waals surface area contributed by atoms with Crippen LogP contribution in [0.5, 0.6) is 0 Å². The summed E-state index contributed by atoms with van der Waals surface area (Å²) in [7, 11) is 0. The van der Waals surface area contributed by atoms with Gasteiger partial charge in [0.1, 0.15) is 6.04 Å². The Morgan fingerprint density at radius 3 is 2.25 bits per heavy atom. The van der Waals surface area contributed by atoms with Gasteiger partial charge in [0.2, 0.25) is 0 Å². The van der Waals surface area contributed by atoms with Gasteiger partial charge in [0.15, 0.2) is 0 Å². The second-order valence-electron chi connectivity index (χ2n) is 4.36. The number of hydrogen-bond acceptors (Lipinski definition) is 2. The predicted molar refractivity (Wildman–Crippen MR) is 64.6 cm³/mol. The van der Waals surface area contributed by atoms with Crippen molar-refractivity contribution in [3.8, 4) is 0 Å². The average molecular weight is 221 g/mol. The molecule has 1 aromatic carbocycles. The predicted octanol–water partition coefficient (Wildman–Crippen LogP) is 1.96. The van der Waals surface area contributed by atoms with Gasteiger partial charge in [0.05, 0.1) is 0 Å². The van der Waals surface area contributed by atoms with Gasteiger partial charge in [0.25, 0.3) is 0 Å². The molecule has 3 N–H and O–H groups in total. The minimum Gasteiger partial charge on any atom is -0.480 e. The summed E-state index contributed by atoms with van der Waals surface area (Å²) in [5.74, 6) is -0.928. The van der Waals surface area contributed by atoms with E-state index in [0.29, 0.717) is 6.42 Å². The lowest BCUT2D eigenvalue weighted by molar-refractivity contribution is -0.138. The number of carbonyl (C=O) groups is 1. The van der Waals surface area contributed by atoms with E-state index >= 15 is 0 Å². The Labute approximate surface area is 96.3 Å². The lowest BCUT2D eigenvalue weighted by Crippen LogP contribution is -2.30. The van der Waals surface area contributed by atoms with Gasteiger partial charge in [-0.2, -0.15) is 0 Å². The standard InChI is InChI=1S/C13H19NO2/c1-8-6-9(2)11(10(3)7-8)4-5-12(14)13(15)16/h6-7,12H,4-5,14H2,1-3H3,(H,15,16). The van der Waals surface area contributed by atoms with Gasteiger partial charge < -0.3 is 10.8 Å². The molecule has 0 aromatic heterocycles. The van der Waals surface area contributed by atoms with Crippen LogP contribution in [0.15, 0.2) is 12.1 Å². The number of hydrogen-bond donors (Lipinski definition) is 2. The molecule has 0 saturated carbocycles. The Kier molecular flexibility index (Phi) is 4.07. The molecule has 1 unspecified atom stereocenters. The van der Waals surface area contributed by atoms with Crippen LogP contribution in [-0.4, -0.2) is 17.1 Å². The van der Waals surface area contributed by atoms with Crippen LogP contribution in [0.3, 0.4) is 0 Å². The van der Waals surface area contributed by atoms with Gasteiger partial charge in [-0.25, -0.2) is 0 Å². The minimum absolute atomic E-state index is 0.486. The van der Waals surface area contributed by atoms with E-state index in [0.717, 1.165) is 6.42 Å². The first-order chi connectivity index (χ1) is 7.41. The second kappa shape index (κ2) is 5.12. The molecule has 0 spiro atoms. The summed E-state index contributed by atoms with van der Waals surface area (Å²) in [6.45, 7) is 6.18. The zero-order valence-electron chi connectivity index (χ0n) is 10.1. The van der Waals surface area contributed by atoms with E-state index in [-0.39, 0.29) is 0 Å². The molecule has 0 fully saturated rings. The SMILES string of the molecule is Cc1cc(C)c(CCC(N)C(=O)O)c(C)c1. The first-order valence-corrected chi connectivity index (χ1v) is 5.47. The fourth-order valence-corrected chi connectivity index (χ4v) is 2.03. The highest BCUT2D eigenvalue weighted by atomic mass is 16.4. The molecule has 1 atom stereocenters. The van der Waals surface area contributed by atoms with Crippen LogP contribution in [0.4, 0.5) is 0 Å². The van der Waals surface area contributed by atoms with Gasteiger partial charge in [0, 0.05) is 0 Å². The van der Waals surface area contributed by atoms with Crippen molar-refractivity contribution in [1.82, 2.24) is 0 Å². The fourth-order valence-electron chi connectivity index (χ4n) is 2.03. The highest BCUT2D eigenvalue weighted by Gasteiger charge is 2.12. The Morgan fingerprint density at radius 2 is 1.81 bits per heavy atom. The van der Waals surface area contributed by atoms with Crippen molar-refractivity contribution in [3.63, 3.8) is 0 Å². The molecule has 0 aliphatic rings. The molecule has 3 nitrogen and oxygen atoms in total. The van der Waals surface area contributed by atoms with Gasteiger partial charge in [-0.05, 0) is 50.3 Å². The van der Waals surface area contributed by atoms with E-state index in [1.165, 1.54) is 22.3 Å². The Bertz CT molecular complexity index is 376. The van der Waals surface area contributed by atoms with E-state index in [2.05, 4.69) is 32.9 Å². The summed E-state index contributed by atoms with van der Waals surface area (Å²) < 4.78 is 0. The molecule has 1 aromatic rings. The van der Waals surface area contributed by atoms with Crippen LogP contribution in [-0.2, 0) is 11.2 Å². The zero-order chi connectivity index (χ0) is 12.3. The summed E-state index contributed by atoms with van der Waals surface area (Å²) in [5.41, 5.74) is 10.4. The quantitative estimate of drug-likeness (QED) is 0.817. The van der Waals surface area contributed by atoms with E-state index in [1.807, 2.05) is 0 Å². The summed E-state index contributed by atoms with van der Waals surface area (Å²) >= 11 is 0. The first kappa shape index (κ1) is 12.7. The molecule has 0 amide bonds. The highest BCUT2D eigenvalue weighted by Crippen LogP contribution is 2.18. The van der Waals surface area contributed by atoms with Crippen molar-refractivity contribution < 1.29 is 9.90 Å². The van der Waals surface area contributed by atoms with Crippen LogP contribution >= 0.6 is 0 Å². The van der Waals surface area contributed by atoms with Gasteiger partial charge in [-0.3, -0.25) is 4.79 Å². The average Bonchev–Trinajstić information content (AvgIpc) is 2.15. The van der Waals surface area contributed by atoms with Crippen molar-refractivity contribution in [3.05, 3.63) is 34.4 Å². The Morgan fingerprint density at radius 1 is 1.31 bits per heavy atom. The van der Waals surface area contributed by atoms with Crippen molar-refractivity contribution in [2.75, 3.05) is 0 Å². The molecule has 16 heavy (non-hydrogen) atoms. The van der Waals surface area contributed by atoms with Crippen molar-refractivity contribution in [2.45, 2.75) is 39.7 Å².